The van der Waals surface area contributed by atoms with Crippen LogP contribution in [0.4, 0.5) is 4.39 Å². The van der Waals surface area contributed by atoms with E-state index in [0.29, 0.717) is 18.2 Å². The Bertz CT molecular complexity index is 1010. The van der Waals surface area contributed by atoms with Gasteiger partial charge in [0.05, 0.1) is 17.9 Å². The van der Waals surface area contributed by atoms with Gasteiger partial charge in [-0.1, -0.05) is 12.1 Å². The Morgan fingerprint density at radius 2 is 2.00 bits per heavy atom. The van der Waals surface area contributed by atoms with E-state index < -0.39 is 0 Å². The first-order valence-electron chi connectivity index (χ1n) is 9.60. The van der Waals surface area contributed by atoms with Crippen LogP contribution in [-0.2, 0) is 0 Å². The minimum atomic E-state index is -0.265. The van der Waals surface area contributed by atoms with Gasteiger partial charge in [0.1, 0.15) is 11.3 Å². The minimum absolute atomic E-state index is 0.0562. The van der Waals surface area contributed by atoms with Gasteiger partial charge in [-0.2, -0.15) is 0 Å². The number of amides is 1. The number of hydrogen-bond donors (Lipinski definition) is 0. The Morgan fingerprint density at radius 1 is 1.11 bits per heavy atom. The summed E-state index contributed by atoms with van der Waals surface area (Å²) in [6, 6.07) is 8.82. The maximum absolute atomic E-state index is 13.7. The van der Waals surface area contributed by atoms with Crippen molar-refractivity contribution < 1.29 is 9.18 Å². The fraction of sp³-hybridized carbons (Fsp3) is 0.381. The molecule has 2 fully saturated rings. The number of carbonyl (C=O) groups is 1. The normalized spacial score (nSPS) is 20.2. The first kappa shape index (κ1) is 16.4. The highest BCUT2D eigenvalue weighted by Gasteiger charge is 2.30. The van der Waals surface area contributed by atoms with Crippen LogP contribution in [0.3, 0.4) is 0 Å². The Kier molecular flexibility index (Phi) is 3.92. The average molecular weight is 364 g/mol. The van der Waals surface area contributed by atoms with E-state index in [0.717, 1.165) is 48.8 Å². The van der Waals surface area contributed by atoms with E-state index in [9.17, 15) is 9.18 Å². The molecule has 1 aliphatic carbocycles. The van der Waals surface area contributed by atoms with Crippen molar-refractivity contribution in [1.82, 2.24) is 19.4 Å². The number of halogens is 1. The van der Waals surface area contributed by atoms with Gasteiger partial charge in [-0.3, -0.25) is 4.79 Å². The molecular weight excluding hydrogens is 343 g/mol. The van der Waals surface area contributed by atoms with Gasteiger partial charge in [-0.25, -0.2) is 14.4 Å². The molecule has 0 N–H and O–H groups in total. The van der Waals surface area contributed by atoms with Gasteiger partial charge in [0.25, 0.3) is 5.91 Å². The lowest BCUT2D eigenvalue weighted by Gasteiger charge is -2.36. The van der Waals surface area contributed by atoms with Gasteiger partial charge in [0.15, 0.2) is 5.65 Å². The molecule has 5 rings (SSSR count). The van der Waals surface area contributed by atoms with Gasteiger partial charge in [0.2, 0.25) is 0 Å². The van der Waals surface area contributed by atoms with Crippen LogP contribution < -0.4 is 0 Å². The number of fused-ring (bicyclic) bond motifs is 1. The highest BCUT2D eigenvalue weighted by Crippen LogP contribution is 2.37. The van der Waals surface area contributed by atoms with Gasteiger partial charge >= 0.3 is 0 Å². The van der Waals surface area contributed by atoms with Gasteiger partial charge in [-0.15, -0.1) is 0 Å². The second kappa shape index (κ2) is 6.44. The van der Waals surface area contributed by atoms with Crippen molar-refractivity contribution in [2.75, 3.05) is 6.54 Å². The topological polar surface area (TPSA) is 51.0 Å². The van der Waals surface area contributed by atoms with Crippen molar-refractivity contribution in [3.8, 4) is 0 Å². The van der Waals surface area contributed by atoms with E-state index in [2.05, 4.69) is 14.5 Å². The number of likely N-dealkylation sites (tertiary alicyclic amines) is 1. The molecule has 1 amide bonds. The van der Waals surface area contributed by atoms with Crippen LogP contribution >= 0.6 is 0 Å². The molecular formula is C21H21FN4O. The molecule has 1 aliphatic heterocycles. The van der Waals surface area contributed by atoms with Crippen molar-refractivity contribution in [3.05, 3.63) is 59.8 Å². The van der Waals surface area contributed by atoms with Crippen LogP contribution in [0.5, 0.6) is 0 Å². The Hall–Kier alpha value is -2.76. The Balaban J connectivity index is 1.46. The van der Waals surface area contributed by atoms with Crippen LogP contribution in [0, 0.1) is 5.82 Å². The molecule has 1 atom stereocenters. The van der Waals surface area contributed by atoms with Gasteiger partial charge < -0.3 is 9.47 Å². The van der Waals surface area contributed by atoms with Crippen molar-refractivity contribution in [2.24, 2.45) is 0 Å². The number of imidazole rings is 1. The maximum atomic E-state index is 13.7. The highest BCUT2D eigenvalue weighted by molar-refractivity contribution is 5.96. The van der Waals surface area contributed by atoms with E-state index in [1.54, 1.807) is 12.3 Å². The summed E-state index contributed by atoms with van der Waals surface area (Å²) in [5.41, 5.74) is 3.00. The van der Waals surface area contributed by atoms with E-state index in [1.807, 2.05) is 23.4 Å². The van der Waals surface area contributed by atoms with Crippen LogP contribution in [-0.4, -0.2) is 31.9 Å². The molecule has 2 aliphatic rings. The molecule has 5 nitrogen and oxygen atoms in total. The van der Waals surface area contributed by atoms with Crippen molar-refractivity contribution in [2.45, 2.75) is 44.2 Å². The lowest BCUT2D eigenvalue weighted by atomic mass is 9.94. The molecule has 3 heterocycles. The van der Waals surface area contributed by atoms with Gasteiger partial charge in [-0.05, 0) is 55.9 Å². The van der Waals surface area contributed by atoms with Crippen LogP contribution in [0.15, 0.2) is 42.9 Å². The third kappa shape index (κ3) is 2.99. The van der Waals surface area contributed by atoms with E-state index >= 15 is 0 Å². The Morgan fingerprint density at radius 3 is 2.81 bits per heavy atom. The summed E-state index contributed by atoms with van der Waals surface area (Å²) < 4.78 is 15.8. The molecule has 3 aromatic rings. The minimum Gasteiger partial charge on any atom is -0.332 e. The molecule has 0 bridgehead atoms. The monoisotopic (exact) mass is 364 g/mol. The molecule has 1 aromatic carbocycles. The average Bonchev–Trinajstić information content (AvgIpc) is 3.46. The summed E-state index contributed by atoms with van der Waals surface area (Å²) in [5, 5.41) is 0. The van der Waals surface area contributed by atoms with Crippen LogP contribution in [0.2, 0.25) is 0 Å². The molecule has 6 heteroatoms. The number of nitrogens with zero attached hydrogens (tertiary/aromatic N) is 4. The zero-order valence-electron chi connectivity index (χ0n) is 15.0. The number of hydrogen-bond acceptors (Lipinski definition) is 3. The second-order valence-electron chi connectivity index (χ2n) is 7.51. The summed E-state index contributed by atoms with van der Waals surface area (Å²) in [6.45, 7) is 0.675. The standard InChI is InChI=1S/C21H21FN4O/c22-16-5-3-4-14(10-16)19-6-1-2-9-25(19)21(27)15-11-18-20(23-12-15)26(13-24-18)17-7-8-17/h3-5,10-13,17,19H,1-2,6-9H2. The number of pyridine rings is 1. The first-order valence-corrected chi connectivity index (χ1v) is 9.60. The summed E-state index contributed by atoms with van der Waals surface area (Å²) in [4.78, 5) is 24.0. The second-order valence-corrected chi connectivity index (χ2v) is 7.51. The zero-order chi connectivity index (χ0) is 18.4. The lowest BCUT2D eigenvalue weighted by Crippen LogP contribution is -2.38. The lowest BCUT2D eigenvalue weighted by molar-refractivity contribution is 0.0611. The maximum Gasteiger partial charge on any atom is 0.256 e. The predicted molar refractivity (Wildman–Crippen MR) is 99.8 cm³/mol. The van der Waals surface area contributed by atoms with E-state index in [-0.39, 0.29) is 17.8 Å². The number of rotatable bonds is 3. The molecule has 0 radical (unpaired) electrons. The molecule has 2 aromatic heterocycles. The number of carbonyl (C=O) groups excluding carboxylic acids is 1. The van der Waals surface area contributed by atoms with Gasteiger partial charge in [0, 0.05) is 18.8 Å². The number of piperidine rings is 1. The summed E-state index contributed by atoms with van der Waals surface area (Å²) in [5.74, 6) is -0.321. The fourth-order valence-corrected chi connectivity index (χ4v) is 4.06. The molecule has 1 saturated carbocycles. The van der Waals surface area contributed by atoms with Crippen LogP contribution in [0.25, 0.3) is 11.2 Å². The number of benzene rings is 1. The molecule has 1 saturated heterocycles. The highest BCUT2D eigenvalue weighted by atomic mass is 19.1. The summed E-state index contributed by atoms with van der Waals surface area (Å²) >= 11 is 0. The number of aromatic nitrogens is 3. The summed E-state index contributed by atoms with van der Waals surface area (Å²) in [7, 11) is 0. The van der Waals surface area contributed by atoms with Crippen LogP contribution in [0.1, 0.15) is 60.1 Å². The van der Waals surface area contributed by atoms with Crippen molar-refractivity contribution >= 4 is 17.1 Å². The molecule has 1 unspecified atom stereocenters. The van der Waals surface area contributed by atoms with Crippen molar-refractivity contribution in [3.63, 3.8) is 0 Å². The largest absolute Gasteiger partial charge is 0.332 e. The van der Waals surface area contributed by atoms with Crippen molar-refractivity contribution in [1.29, 1.82) is 0 Å². The Labute approximate surface area is 156 Å². The first-order chi connectivity index (χ1) is 13.2. The SMILES string of the molecule is O=C(c1cnc2c(c1)ncn2C1CC1)N1CCCCC1c1cccc(F)c1. The summed E-state index contributed by atoms with van der Waals surface area (Å²) in [6.07, 6.45) is 8.65. The zero-order valence-corrected chi connectivity index (χ0v) is 15.0. The predicted octanol–water partition coefficient (Wildman–Crippen LogP) is 4.27. The molecule has 138 valence electrons. The fourth-order valence-electron chi connectivity index (χ4n) is 4.06. The quantitative estimate of drug-likeness (QED) is 0.697. The smallest absolute Gasteiger partial charge is 0.256 e. The third-order valence-corrected chi connectivity index (χ3v) is 5.60. The van der Waals surface area contributed by atoms with E-state index in [1.165, 1.54) is 12.1 Å². The molecule has 0 spiro atoms. The molecule has 27 heavy (non-hydrogen) atoms. The third-order valence-electron chi connectivity index (χ3n) is 5.60. The van der Waals surface area contributed by atoms with E-state index in [4.69, 9.17) is 0 Å².